The van der Waals surface area contributed by atoms with Gasteiger partial charge in [-0.25, -0.2) is 0 Å². The molecule has 1 N–H and O–H groups in total. The van der Waals surface area contributed by atoms with Gasteiger partial charge in [0.1, 0.15) is 0 Å². The van der Waals surface area contributed by atoms with E-state index >= 15 is 0 Å². The fraction of sp³-hybridized carbons (Fsp3) is 0.333. The number of hydrogen-bond acceptors (Lipinski definition) is 3. The molecule has 2 rings (SSSR count). The zero-order valence-electron chi connectivity index (χ0n) is 9.55. The van der Waals surface area contributed by atoms with Crippen LogP contribution in [0, 0.1) is 0 Å². The van der Waals surface area contributed by atoms with Crippen LogP contribution in [0.5, 0.6) is 0 Å². The number of aryl methyl sites for hydroxylation is 2. The molecule has 0 saturated carbocycles. The summed E-state index contributed by atoms with van der Waals surface area (Å²) in [7, 11) is 1.88. The molecule has 0 spiro atoms. The maximum absolute atomic E-state index is 10.0. The summed E-state index contributed by atoms with van der Waals surface area (Å²) in [5.74, 6) is 0. The van der Waals surface area contributed by atoms with E-state index in [1.54, 1.807) is 29.2 Å². The lowest BCUT2D eigenvalue weighted by atomic mass is 10.1. The molecule has 0 radical (unpaired) electrons. The minimum Gasteiger partial charge on any atom is -0.387 e. The van der Waals surface area contributed by atoms with E-state index in [9.17, 15) is 5.11 Å². The summed E-state index contributed by atoms with van der Waals surface area (Å²) in [5, 5.41) is 14.6. The van der Waals surface area contributed by atoms with Gasteiger partial charge in [0.2, 0.25) is 0 Å². The first kappa shape index (κ1) is 12.1. The largest absolute Gasteiger partial charge is 0.387 e. The number of nitrogens with zero attached hydrogens (tertiary/aromatic N) is 3. The number of aliphatic hydroxyl groups is 1. The Morgan fingerprint density at radius 3 is 2.88 bits per heavy atom. The molecule has 1 unspecified atom stereocenters. The molecular formula is C12H14ClN3O. The van der Waals surface area contributed by atoms with E-state index in [4.69, 9.17) is 11.6 Å². The zero-order chi connectivity index (χ0) is 12.3. The van der Waals surface area contributed by atoms with Crippen molar-refractivity contribution in [2.75, 3.05) is 0 Å². The molecule has 1 atom stereocenters. The van der Waals surface area contributed by atoms with Gasteiger partial charge in [0, 0.05) is 25.1 Å². The molecule has 4 nitrogen and oxygen atoms in total. The minimum atomic E-state index is -0.640. The van der Waals surface area contributed by atoms with E-state index in [0.29, 0.717) is 17.1 Å². The van der Waals surface area contributed by atoms with Crippen LogP contribution in [0.4, 0.5) is 0 Å². The molecule has 2 aromatic rings. The zero-order valence-corrected chi connectivity index (χ0v) is 10.3. The van der Waals surface area contributed by atoms with E-state index in [1.807, 2.05) is 13.1 Å². The van der Waals surface area contributed by atoms with Crippen molar-refractivity contribution in [3.63, 3.8) is 0 Å². The van der Waals surface area contributed by atoms with Gasteiger partial charge >= 0.3 is 0 Å². The van der Waals surface area contributed by atoms with E-state index in [0.717, 1.165) is 12.1 Å². The molecule has 5 heteroatoms. The van der Waals surface area contributed by atoms with Crippen LogP contribution in [0.3, 0.4) is 0 Å². The third kappa shape index (κ3) is 2.84. The Morgan fingerprint density at radius 2 is 2.24 bits per heavy atom. The highest BCUT2D eigenvalue weighted by Gasteiger charge is 2.13. The van der Waals surface area contributed by atoms with Crippen molar-refractivity contribution >= 4 is 11.6 Å². The van der Waals surface area contributed by atoms with Crippen molar-refractivity contribution in [1.29, 1.82) is 0 Å². The summed E-state index contributed by atoms with van der Waals surface area (Å²) in [5.41, 5.74) is 1.62. The van der Waals surface area contributed by atoms with Crippen molar-refractivity contribution in [3.05, 3.63) is 47.0 Å². The van der Waals surface area contributed by atoms with Gasteiger partial charge in [0.15, 0.2) is 0 Å². The first-order valence-electron chi connectivity index (χ1n) is 5.44. The molecule has 0 aromatic carbocycles. The molecule has 0 aliphatic rings. The van der Waals surface area contributed by atoms with Crippen LogP contribution in [-0.2, 0) is 13.5 Å². The summed E-state index contributed by atoms with van der Waals surface area (Å²) < 4.78 is 1.80. The maximum Gasteiger partial charge on any atom is 0.0978 e. The van der Waals surface area contributed by atoms with E-state index in [-0.39, 0.29) is 0 Å². The second kappa shape index (κ2) is 5.29. The number of rotatable bonds is 4. The second-order valence-electron chi connectivity index (χ2n) is 3.87. The molecule has 0 saturated heterocycles. The number of hydrogen-bond donors (Lipinski definition) is 1. The van der Waals surface area contributed by atoms with Gasteiger partial charge in [0.25, 0.3) is 0 Å². The normalized spacial score (nSPS) is 12.6. The van der Waals surface area contributed by atoms with Crippen molar-refractivity contribution in [2.24, 2.45) is 7.05 Å². The van der Waals surface area contributed by atoms with E-state index < -0.39 is 6.10 Å². The molecular weight excluding hydrogens is 238 g/mol. The predicted octanol–water partition coefficient (Wildman–Crippen LogP) is 2.13. The topological polar surface area (TPSA) is 50.9 Å². The first-order chi connectivity index (χ1) is 8.18. The van der Waals surface area contributed by atoms with Gasteiger partial charge in [-0.1, -0.05) is 11.6 Å². The predicted molar refractivity (Wildman–Crippen MR) is 65.7 cm³/mol. The summed E-state index contributed by atoms with van der Waals surface area (Å²) in [4.78, 5) is 4.10. The van der Waals surface area contributed by atoms with Gasteiger partial charge in [-0.3, -0.25) is 9.67 Å². The van der Waals surface area contributed by atoms with Crippen LogP contribution >= 0.6 is 11.6 Å². The minimum absolute atomic E-state index is 0.505. The number of pyridine rings is 1. The van der Waals surface area contributed by atoms with Gasteiger partial charge in [-0.05, 0) is 31.0 Å². The Balaban J connectivity index is 2.01. The Bertz CT molecular complexity index is 498. The average molecular weight is 252 g/mol. The molecule has 0 aliphatic carbocycles. The molecule has 0 amide bonds. The van der Waals surface area contributed by atoms with E-state index in [1.165, 1.54) is 0 Å². The number of aromatic nitrogens is 3. The van der Waals surface area contributed by atoms with Crippen LogP contribution in [0.25, 0.3) is 0 Å². The van der Waals surface area contributed by atoms with Crippen molar-refractivity contribution in [2.45, 2.75) is 18.9 Å². The monoisotopic (exact) mass is 251 g/mol. The SMILES string of the molecule is Cn1nccc1CCC(O)c1ncccc1Cl. The fourth-order valence-corrected chi connectivity index (χ4v) is 1.96. The Morgan fingerprint density at radius 1 is 1.41 bits per heavy atom. The van der Waals surface area contributed by atoms with Gasteiger partial charge in [-0.2, -0.15) is 5.10 Å². The molecule has 0 fully saturated rings. The fourth-order valence-electron chi connectivity index (χ4n) is 1.71. The summed E-state index contributed by atoms with van der Waals surface area (Å²) >= 11 is 5.97. The van der Waals surface area contributed by atoms with Crippen molar-refractivity contribution in [1.82, 2.24) is 14.8 Å². The van der Waals surface area contributed by atoms with Gasteiger partial charge < -0.3 is 5.11 Å². The smallest absolute Gasteiger partial charge is 0.0978 e. The highest BCUT2D eigenvalue weighted by Crippen LogP contribution is 2.23. The standard InChI is InChI=1S/C12H14ClN3O/c1-16-9(6-8-15-16)4-5-11(17)12-10(13)3-2-7-14-12/h2-3,6-8,11,17H,4-5H2,1H3. The quantitative estimate of drug-likeness (QED) is 0.906. The van der Waals surface area contributed by atoms with Crippen LogP contribution in [0.1, 0.15) is 23.9 Å². The highest BCUT2D eigenvalue weighted by atomic mass is 35.5. The van der Waals surface area contributed by atoms with Crippen molar-refractivity contribution < 1.29 is 5.11 Å². The van der Waals surface area contributed by atoms with Crippen LogP contribution in [0.2, 0.25) is 5.02 Å². The molecule has 2 aromatic heterocycles. The third-order valence-corrected chi connectivity index (χ3v) is 3.02. The van der Waals surface area contributed by atoms with Gasteiger partial charge in [-0.15, -0.1) is 0 Å². The lowest BCUT2D eigenvalue weighted by molar-refractivity contribution is 0.162. The molecule has 17 heavy (non-hydrogen) atoms. The molecule has 0 aliphatic heterocycles. The first-order valence-corrected chi connectivity index (χ1v) is 5.81. The van der Waals surface area contributed by atoms with Crippen LogP contribution < -0.4 is 0 Å². The second-order valence-corrected chi connectivity index (χ2v) is 4.28. The molecule has 2 heterocycles. The number of aliphatic hydroxyl groups excluding tert-OH is 1. The average Bonchev–Trinajstić information content (AvgIpc) is 2.72. The number of halogens is 1. The molecule has 0 bridgehead atoms. The summed E-state index contributed by atoms with van der Waals surface area (Å²) in [6.45, 7) is 0. The summed E-state index contributed by atoms with van der Waals surface area (Å²) in [6, 6.07) is 5.42. The third-order valence-electron chi connectivity index (χ3n) is 2.70. The van der Waals surface area contributed by atoms with Gasteiger partial charge in [0.05, 0.1) is 16.8 Å². The Labute approximate surface area is 105 Å². The van der Waals surface area contributed by atoms with Crippen molar-refractivity contribution in [3.8, 4) is 0 Å². The summed E-state index contributed by atoms with van der Waals surface area (Å²) in [6.07, 6.45) is 4.06. The Kier molecular flexibility index (Phi) is 3.76. The maximum atomic E-state index is 10.0. The van der Waals surface area contributed by atoms with E-state index in [2.05, 4.69) is 10.1 Å². The van der Waals surface area contributed by atoms with Crippen LogP contribution in [-0.4, -0.2) is 19.9 Å². The Hall–Kier alpha value is -1.39. The lowest BCUT2D eigenvalue weighted by Crippen LogP contribution is -2.05. The highest BCUT2D eigenvalue weighted by molar-refractivity contribution is 6.31. The van der Waals surface area contributed by atoms with Crippen LogP contribution in [0.15, 0.2) is 30.6 Å². The lowest BCUT2D eigenvalue weighted by Gasteiger charge is -2.11. The molecule has 90 valence electrons.